The minimum absolute atomic E-state index is 0.0272. The Balaban J connectivity index is 1.83. The monoisotopic (exact) mass is 417 g/mol. The Labute approximate surface area is 180 Å². The SMILES string of the molecule is CCOc1cc(-c2cc(C)[nH]c(=O)c2C#N)ccc1OCC(=O)Nc1ccccc1C. The molecule has 158 valence electrons. The van der Waals surface area contributed by atoms with E-state index in [2.05, 4.69) is 10.3 Å². The number of aryl methyl sites for hydroxylation is 2. The number of carbonyl (C=O) groups excluding carboxylic acids is 1. The first-order valence-corrected chi connectivity index (χ1v) is 9.82. The maximum atomic E-state index is 12.3. The van der Waals surface area contributed by atoms with E-state index in [1.807, 2.05) is 44.2 Å². The Hall–Kier alpha value is -4.05. The molecule has 1 amide bonds. The summed E-state index contributed by atoms with van der Waals surface area (Å²) in [5.74, 6) is 0.522. The average Bonchev–Trinajstić information content (AvgIpc) is 2.74. The molecule has 0 bridgehead atoms. The number of H-pyrrole nitrogens is 1. The Morgan fingerprint density at radius 3 is 2.58 bits per heavy atom. The smallest absolute Gasteiger partial charge is 0.266 e. The average molecular weight is 417 g/mol. The number of rotatable bonds is 7. The van der Waals surface area contributed by atoms with Crippen LogP contribution in [0.25, 0.3) is 11.1 Å². The number of pyridine rings is 1. The lowest BCUT2D eigenvalue weighted by Gasteiger charge is -2.14. The van der Waals surface area contributed by atoms with Crippen molar-refractivity contribution < 1.29 is 14.3 Å². The van der Waals surface area contributed by atoms with Gasteiger partial charge in [0.1, 0.15) is 11.6 Å². The highest BCUT2D eigenvalue weighted by Gasteiger charge is 2.15. The summed E-state index contributed by atoms with van der Waals surface area (Å²) in [5, 5.41) is 12.2. The van der Waals surface area contributed by atoms with Crippen molar-refractivity contribution in [3.05, 3.63) is 75.7 Å². The van der Waals surface area contributed by atoms with E-state index in [0.29, 0.717) is 34.9 Å². The third kappa shape index (κ3) is 5.11. The first-order valence-electron chi connectivity index (χ1n) is 9.82. The summed E-state index contributed by atoms with van der Waals surface area (Å²) in [6.07, 6.45) is 0. The normalized spacial score (nSPS) is 10.3. The lowest BCUT2D eigenvalue weighted by Crippen LogP contribution is -2.20. The number of anilines is 1. The zero-order chi connectivity index (χ0) is 22.4. The molecule has 3 rings (SSSR count). The summed E-state index contributed by atoms with van der Waals surface area (Å²) in [7, 11) is 0. The van der Waals surface area contributed by atoms with Gasteiger partial charge in [0.2, 0.25) is 0 Å². The fraction of sp³-hybridized carbons (Fsp3) is 0.208. The van der Waals surface area contributed by atoms with Gasteiger partial charge >= 0.3 is 0 Å². The molecule has 0 unspecified atom stereocenters. The van der Waals surface area contributed by atoms with Crippen LogP contribution in [0.4, 0.5) is 5.69 Å². The highest BCUT2D eigenvalue weighted by atomic mass is 16.5. The minimum atomic E-state index is -0.441. The van der Waals surface area contributed by atoms with Crippen molar-refractivity contribution in [1.29, 1.82) is 5.26 Å². The van der Waals surface area contributed by atoms with Gasteiger partial charge in [0.05, 0.1) is 6.61 Å². The van der Waals surface area contributed by atoms with Gasteiger partial charge in [0, 0.05) is 16.9 Å². The van der Waals surface area contributed by atoms with Crippen molar-refractivity contribution in [2.75, 3.05) is 18.5 Å². The fourth-order valence-corrected chi connectivity index (χ4v) is 3.13. The molecule has 1 aromatic heterocycles. The van der Waals surface area contributed by atoms with E-state index in [1.54, 1.807) is 31.2 Å². The van der Waals surface area contributed by atoms with Gasteiger partial charge < -0.3 is 19.8 Å². The van der Waals surface area contributed by atoms with Crippen LogP contribution in [0.3, 0.4) is 0 Å². The molecular weight excluding hydrogens is 394 g/mol. The zero-order valence-corrected chi connectivity index (χ0v) is 17.6. The van der Waals surface area contributed by atoms with Crippen molar-refractivity contribution in [1.82, 2.24) is 4.98 Å². The van der Waals surface area contributed by atoms with Crippen LogP contribution in [0, 0.1) is 25.2 Å². The largest absolute Gasteiger partial charge is 0.490 e. The van der Waals surface area contributed by atoms with Gasteiger partial charge in [-0.3, -0.25) is 9.59 Å². The number of nitriles is 1. The number of amides is 1. The van der Waals surface area contributed by atoms with Crippen molar-refractivity contribution >= 4 is 11.6 Å². The molecule has 2 N–H and O–H groups in total. The van der Waals surface area contributed by atoms with Crippen LogP contribution in [0.5, 0.6) is 11.5 Å². The van der Waals surface area contributed by atoms with Gasteiger partial charge in [-0.25, -0.2) is 0 Å². The molecule has 0 atom stereocenters. The van der Waals surface area contributed by atoms with Crippen LogP contribution in [0.15, 0.2) is 53.3 Å². The number of benzene rings is 2. The van der Waals surface area contributed by atoms with Gasteiger partial charge in [-0.1, -0.05) is 24.3 Å². The molecule has 0 spiro atoms. The highest BCUT2D eigenvalue weighted by molar-refractivity contribution is 5.92. The van der Waals surface area contributed by atoms with Gasteiger partial charge in [-0.15, -0.1) is 0 Å². The molecular formula is C24H23N3O4. The Morgan fingerprint density at radius 2 is 1.87 bits per heavy atom. The van der Waals surface area contributed by atoms with Crippen LogP contribution in [0.2, 0.25) is 0 Å². The molecule has 0 aliphatic heterocycles. The first kappa shape index (κ1) is 21.7. The number of hydrogen-bond donors (Lipinski definition) is 2. The summed E-state index contributed by atoms with van der Waals surface area (Å²) >= 11 is 0. The number of carbonyl (C=O) groups is 1. The summed E-state index contributed by atoms with van der Waals surface area (Å²) in [6, 6.07) is 16.3. The Kier molecular flexibility index (Phi) is 6.73. The van der Waals surface area contributed by atoms with Crippen molar-refractivity contribution in [2.24, 2.45) is 0 Å². The second kappa shape index (κ2) is 9.63. The number of nitrogens with one attached hydrogen (secondary N) is 2. The predicted octanol–water partition coefficient (Wildman–Crippen LogP) is 3.95. The molecule has 0 fully saturated rings. The van der Waals surface area contributed by atoms with Gasteiger partial charge in [-0.2, -0.15) is 5.26 Å². The second-order valence-corrected chi connectivity index (χ2v) is 6.93. The van der Waals surface area contributed by atoms with Gasteiger partial charge in [0.25, 0.3) is 11.5 Å². The molecule has 0 saturated heterocycles. The predicted molar refractivity (Wildman–Crippen MR) is 118 cm³/mol. The molecule has 3 aromatic rings. The number of ether oxygens (including phenoxy) is 2. The summed E-state index contributed by atoms with van der Waals surface area (Å²) in [4.78, 5) is 27.0. The molecule has 7 heteroatoms. The van der Waals surface area contributed by atoms with Gasteiger partial charge in [0.15, 0.2) is 18.1 Å². The fourth-order valence-electron chi connectivity index (χ4n) is 3.13. The lowest BCUT2D eigenvalue weighted by molar-refractivity contribution is -0.118. The summed E-state index contributed by atoms with van der Waals surface area (Å²) in [5.41, 5.74) is 3.06. The number of aromatic amines is 1. The maximum Gasteiger partial charge on any atom is 0.266 e. The number of aromatic nitrogens is 1. The van der Waals surface area contributed by atoms with Crippen LogP contribution in [-0.2, 0) is 4.79 Å². The molecule has 0 radical (unpaired) electrons. The van der Waals surface area contributed by atoms with E-state index >= 15 is 0 Å². The number of para-hydroxylation sites is 1. The van der Waals surface area contributed by atoms with Crippen molar-refractivity contribution in [3.8, 4) is 28.7 Å². The van der Waals surface area contributed by atoms with Crippen LogP contribution >= 0.6 is 0 Å². The molecule has 0 saturated carbocycles. The van der Waals surface area contributed by atoms with Crippen LogP contribution in [-0.4, -0.2) is 24.1 Å². The van der Waals surface area contributed by atoms with E-state index in [1.165, 1.54) is 0 Å². The highest BCUT2D eigenvalue weighted by Crippen LogP contribution is 2.33. The van der Waals surface area contributed by atoms with E-state index in [-0.39, 0.29) is 18.1 Å². The molecule has 2 aromatic carbocycles. The van der Waals surface area contributed by atoms with Crippen LogP contribution < -0.4 is 20.3 Å². The lowest BCUT2D eigenvalue weighted by atomic mass is 10.0. The van der Waals surface area contributed by atoms with Crippen LogP contribution in [0.1, 0.15) is 23.7 Å². The first-order chi connectivity index (χ1) is 14.9. The summed E-state index contributed by atoms with van der Waals surface area (Å²) < 4.78 is 11.4. The molecule has 7 nitrogen and oxygen atoms in total. The molecule has 31 heavy (non-hydrogen) atoms. The quantitative estimate of drug-likeness (QED) is 0.606. The number of nitrogens with zero attached hydrogens (tertiary/aromatic N) is 1. The van der Waals surface area contributed by atoms with E-state index < -0.39 is 5.56 Å². The molecule has 0 aliphatic rings. The minimum Gasteiger partial charge on any atom is -0.490 e. The van der Waals surface area contributed by atoms with E-state index in [4.69, 9.17) is 9.47 Å². The molecule has 0 aliphatic carbocycles. The van der Waals surface area contributed by atoms with Crippen molar-refractivity contribution in [2.45, 2.75) is 20.8 Å². The maximum absolute atomic E-state index is 12.3. The third-order valence-corrected chi connectivity index (χ3v) is 4.61. The van der Waals surface area contributed by atoms with E-state index in [0.717, 1.165) is 11.3 Å². The second-order valence-electron chi connectivity index (χ2n) is 6.93. The summed E-state index contributed by atoms with van der Waals surface area (Å²) in [6.45, 7) is 5.68. The number of hydrogen-bond acceptors (Lipinski definition) is 5. The van der Waals surface area contributed by atoms with Gasteiger partial charge in [-0.05, 0) is 56.2 Å². The zero-order valence-electron chi connectivity index (χ0n) is 17.6. The Bertz CT molecular complexity index is 1210. The Morgan fingerprint density at radius 1 is 1.10 bits per heavy atom. The molecule has 1 heterocycles. The van der Waals surface area contributed by atoms with Crippen molar-refractivity contribution in [3.63, 3.8) is 0 Å². The topological polar surface area (TPSA) is 104 Å². The standard InChI is InChI=1S/C24H23N3O4/c1-4-30-22-12-17(18-11-16(3)26-24(29)19(18)13-25)9-10-21(22)31-14-23(28)27-20-8-6-5-7-15(20)2/h5-12H,4,14H2,1-3H3,(H,26,29)(H,27,28). The van der Waals surface area contributed by atoms with E-state index in [9.17, 15) is 14.9 Å². The third-order valence-electron chi connectivity index (χ3n) is 4.61.